The van der Waals surface area contributed by atoms with Crippen LogP contribution < -0.4 is 0 Å². The zero-order chi connectivity index (χ0) is 36.6. The molecule has 0 saturated heterocycles. The molecule has 0 aromatic rings. The van der Waals surface area contributed by atoms with Crippen molar-refractivity contribution in [3.63, 3.8) is 0 Å². The molecule has 0 bridgehead atoms. The van der Waals surface area contributed by atoms with Crippen molar-refractivity contribution in [3.8, 4) is 0 Å². The number of unbranched alkanes of at least 4 members (excludes halogenated alkanes) is 25. The highest BCUT2D eigenvalue weighted by Crippen LogP contribution is 2.19. The lowest BCUT2D eigenvalue weighted by Gasteiger charge is -2.29. The molecule has 0 aliphatic rings. The number of rotatable bonds is 43. The van der Waals surface area contributed by atoms with E-state index < -0.39 is 8.56 Å². The first-order valence-corrected chi connectivity index (χ1v) is 25.9. The van der Waals surface area contributed by atoms with Crippen LogP contribution in [-0.4, -0.2) is 87.5 Å². The fraction of sp³-hybridized carbons (Fsp3) is 1.00. The van der Waals surface area contributed by atoms with E-state index in [0.29, 0.717) is 13.1 Å². The number of hydrogen-bond acceptors (Lipinski definition) is 7. The average molecular weight is 748 g/mol. The van der Waals surface area contributed by atoms with Gasteiger partial charge in [-0.2, -0.15) is 11.8 Å². The maximum absolute atomic E-state index is 9.20. The highest BCUT2D eigenvalue weighted by Gasteiger charge is 2.29. The number of hydrogen-bond donors (Lipinski definition) is 2. The third-order valence-electron chi connectivity index (χ3n) is 9.76. The maximum atomic E-state index is 9.20. The average Bonchev–Trinajstić information content (AvgIpc) is 3.09. The SMILES string of the molecule is CCCCCCCCCCCCCCCCOC(CSCCCCCCCCCCCC)O[Si](C)(C)OCCCCCCN(CCO)CCO. The van der Waals surface area contributed by atoms with Gasteiger partial charge in [-0.25, -0.2) is 0 Å². The molecule has 0 amide bonds. The van der Waals surface area contributed by atoms with Crippen molar-refractivity contribution < 1.29 is 23.8 Å². The lowest BCUT2D eigenvalue weighted by molar-refractivity contribution is -0.0831. The fourth-order valence-corrected chi connectivity index (χ4v) is 9.12. The summed E-state index contributed by atoms with van der Waals surface area (Å²) in [6, 6.07) is 0. The molecule has 50 heavy (non-hydrogen) atoms. The molecule has 0 aliphatic heterocycles. The summed E-state index contributed by atoms with van der Waals surface area (Å²) in [5.74, 6) is 2.09. The van der Waals surface area contributed by atoms with Crippen LogP contribution in [0.25, 0.3) is 0 Å². The summed E-state index contributed by atoms with van der Waals surface area (Å²) in [5.41, 5.74) is 0. The Morgan fingerprint density at radius 3 is 1.36 bits per heavy atom. The molecule has 8 heteroatoms. The van der Waals surface area contributed by atoms with Gasteiger partial charge in [-0.05, 0) is 51.1 Å². The molecule has 2 N–H and O–H groups in total. The second-order valence-electron chi connectivity index (χ2n) is 15.2. The van der Waals surface area contributed by atoms with Crippen LogP contribution in [0.4, 0.5) is 0 Å². The minimum atomic E-state index is -2.29. The Bertz CT molecular complexity index is 641. The van der Waals surface area contributed by atoms with Gasteiger partial charge in [-0.1, -0.05) is 168 Å². The molecule has 0 radical (unpaired) electrons. The summed E-state index contributed by atoms with van der Waals surface area (Å²) >= 11 is 1.99. The van der Waals surface area contributed by atoms with Crippen molar-refractivity contribution >= 4 is 20.3 Å². The number of aliphatic hydroxyl groups excluding tert-OH is 2. The first-order chi connectivity index (χ1) is 24.5. The minimum Gasteiger partial charge on any atom is -0.395 e. The minimum absolute atomic E-state index is 0.148. The quantitative estimate of drug-likeness (QED) is 0.0365. The number of thioether (sulfide) groups is 1. The first-order valence-electron chi connectivity index (χ1n) is 21.9. The summed E-state index contributed by atoms with van der Waals surface area (Å²) in [6.07, 6.45) is 37.2. The molecule has 6 nitrogen and oxygen atoms in total. The van der Waals surface area contributed by atoms with Gasteiger partial charge < -0.3 is 23.8 Å². The summed E-state index contributed by atoms with van der Waals surface area (Å²) in [6.45, 7) is 13.0. The fourth-order valence-electron chi connectivity index (χ4n) is 6.58. The van der Waals surface area contributed by atoms with Gasteiger partial charge in [0.05, 0.1) is 13.2 Å². The van der Waals surface area contributed by atoms with Gasteiger partial charge in [0.1, 0.15) is 0 Å². The van der Waals surface area contributed by atoms with Crippen LogP contribution in [0, 0.1) is 0 Å². The third-order valence-corrected chi connectivity index (χ3v) is 12.6. The van der Waals surface area contributed by atoms with Crippen molar-refractivity contribution in [2.45, 2.75) is 213 Å². The van der Waals surface area contributed by atoms with Crippen molar-refractivity contribution in [3.05, 3.63) is 0 Å². The Morgan fingerprint density at radius 2 is 0.900 bits per heavy atom. The van der Waals surface area contributed by atoms with Crippen LogP contribution in [-0.2, 0) is 13.6 Å². The predicted molar refractivity (Wildman–Crippen MR) is 223 cm³/mol. The van der Waals surface area contributed by atoms with E-state index >= 15 is 0 Å². The van der Waals surface area contributed by atoms with E-state index in [2.05, 4.69) is 31.8 Å². The first kappa shape index (κ1) is 50.3. The monoisotopic (exact) mass is 748 g/mol. The van der Waals surface area contributed by atoms with Crippen LogP contribution in [0.3, 0.4) is 0 Å². The Hall–Kier alpha value is 0.327. The second-order valence-corrected chi connectivity index (χ2v) is 19.7. The molecule has 0 aromatic carbocycles. The molecule has 0 fully saturated rings. The van der Waals surface area contributed by atoms with Crippen LogP contribution in [0.15, 0.2) is 0 Å². The molecule has 1 atom stereocenters. The summed E-state index contributed by atoms with van der Waals surface area (Å²) < 4.78 is 19.3. The van der Waals surface area contributed by atoms with Gasteiger partial charge in [0.15, 0.2) is 6.29 Å². The van der Waals surface area contributed by atoms with Gasteiger partial charge in [-0.3, -0.25) is 4.90 Å². The number of ether oxygens (including phenoxy) is 1. The zero-order valence-corrected chi connectivity index (χ0v) is 36.0. The molecular weight excluding hydrogens is 659 g/mol. The molecule has 0 spiro atoms. The molecule has 0 heterocycles. The Balaban J connectivity index is 4.28. The van der Waals surface area contributed by atoms with Gasteiger partial charge in [0.2, 0.25) is 0 Å². The van der Waals surface area contributed by atoms with E-state index in [-0.39, 0.29) is 19.5 Å². The van der Waals surface area contributed by atoms with E-state index in [1.165, 1.54) is 153 Å². The number of nitrogens with zero attached hydrogens (tertiary/aromatic N) is 1. The molecule has 0 saturated carbocycles. The molecule has 302 valence electrons. The lowest BCUT2D eigenvalue weighted by atomic mass is 10.0. The molecule has 0 aromatic heterocycles. The number of aliphatic hydroxyl groups is 2. The van der Waals surface area contributed by atoms with Crippen LogP contribution in [0.5, 0.6) is 0 Å². The topological polar surface area (TPSA) is 71.4 Å². The largest absolute Gasteiger partial charge is 0.395 e. The predicted octanol–water partition coefficient (Wildman–Crippen LogP) is 12.0. The van der Waals surface area contributed by atoms with Crippen LogP contribution >= 0.6 is 11.8 Å². The van der Waals surface area contributed by atoms with Gasteiger partial charge in [0, 0.05) is 32.1 Å². The molecule has 1 unspecified atom stereocenters. The highest BCUT2D eigenvalue weighted by atomic mass is 32.2. The van der Waals surface area contributed by atoms with E-state index in [1.54, 1.807) is 0 Å². The summed E-state index contributed by atoms with van der Waals surface area (Å²) in [7, 11) is -2.29. The Morgan fingerprint density at radius 1 is 0.500 bits per heavy atom. The van der Waals surface area contributed by atoms with E-state index in [0.717, 1.165) is 57.6 Å². The van der Waals surface area contributed by atoms with Crippen molar-refractivity contribution in [2.24, 2.45) is 0 Å². The Kier molecular flexibility index (Phi) is 40.8. The standard InChI is InChI=1S/C42H89NO5SSi/c1-5-7-9-11-13-15-17-18-19-20-21-23-26-30-38-46-42(41-49-40-32-28-24-22-16-14-12-10-8-6-2)48-50(3,4)47-39-31-27-25-29-33-43(34-36-44)35-37-45/h42,44-45H,5-41H2,1-4H3. The van der Waals surface area contributed by atoms with E-state index in [9.17, 15) is 10.2 Å². The second kappa shape index (κ2) is 40.5. The normalized spacial score (nSPS) is 12.8. The lowest BCUT2D eigenvalue weighted by Crippen LogP contribution is -2.41. The van der Waals surface area contributed by atoms with Crippen LogP contribution in [0.1, 0.15) is 194 Å². The smallest absolute Gasteiger partial charge is 0.333 e. The van der Waals surface area contributed by atoms with E-state index in [4.69, 9.17) is 13.6 Å². The van der Waals surface area contributed by atoms with Crippen LogP contribution in [0.2, 0.25) is 13.1 Å². The summed E-state index contributed by atoms with van der Waals surface area (Å²) in [4.78, 5) is 2.13. The molecule has 0 aliphatic carbocycles. The van der Waals surface area contributed by atoms with Crippen molar-refractivity contribution in [1.29, 1.82) is 0 Å². The summed E-state index contributed by atoms with van der Waals surface area (Å²) in [5, 5.41) is 18.4. The third kappa shape index (κ3) is 38.1. The molecular formula is C42H89NO5SSi. The zero-order valence-electron chi connectivity index (χ0n) is 34.2. The maximum Gasteiger partial charge on any atom is 0.333 e. The van der Waals surface area contributed by atoms with Gasteiger partial charge >= 0.3 is 8.56 Å². The molecule has 0 rings (SSSR count). The van der Waals surface area contributed by atoms with E-state index in [1.807, 2.05) is 11.8 Å². The Labute approximate surface area is 318 Å². The van der Waals surface area contributed by atoms with Gasteiger partial charge in [-0.15, -0.1) is 0 Å². The van der Waals surface area contributed by atoms with Gasteiger partial charge in [0.25, 0.3) is 0 Å². The van der Waals surface area contributed by atoms with Crippen molar-refractivity contribution in [1.82, 2.24) is 4.90 Å². The highest BCUT2D eigenvalue weighted by molar-refractivity contribution is 7.99. The van der Waals surface area contributed by atoms with Crippen molar-refractivity contribution in [2.75, 3.05) is 57.6 Å².